The highest BCUT2D eigenvalue weighted by Crippen LogP contribution is 2.28. The van der Waals surface area contributed by atoms with E-state index >= 15 is 0 Å². The van der Waals surface area contributed by atoms with Gasteiger partial charge in [-0.3, -0.25) is 0 Å². The normalized spacial score (nSPS) is 14.9. The van der Waals surface area contributed by atoms with Crippen molar-refractivity contribution in [2.75, 3.05) is 13.2 Å². The van der Waals surface area contributed by atoms with Crippen molar-refractivity contribution in [2.24, 2.45) is 0 Å². The van der Waals surface area contributed by atoms with Gasteiger partial charge in [0.15, 0.2) is 0 Å². The van der Waals surface area contributed by atoms with Crippen molar-refractivity contribution in [3.8, 4) is 0 Å². The Bertz CT molecular complexity index is 566. The van der Waals surface area contributed by atoms with Crippen LogP contribution in [0.2, 0.25) is 0 Å². The summed E-state index contributed by atoms with van der Waals surface area (Å²) < 4.78 is 0. The highest BCUT2D eigenvalue weighted by atomic mass is 16.3. The molecule has 136 valence electrons. The van der Waals surface area contributed by atoms with Gasteiger partial charge in [0.25, 0.3) is 0 Å². The van der Waals surface area contributed by atoms with Crippen molar-refractivity contribution in [3.63, 3.8) is 0 Å². The molecule has 4 heteroatoms. The monoisotopic (exact) mass is 344 g/mol. The third-order valence-electron chi connectivity index (χ3n) is 4.54. The largest absolute Gasteiger partial charge is 0.394 e. The predicted octanol–water partition coefficient (Wildman–Crippen LogP) is 2.02. The number of aliphatic hydroxyl groups excluding tert-OH is 4. The second kappa shape index (κ2) is 9.68. The third kappa shape index (κ3) is 5.65. The number of rotatable bonds is 9. The van der Waals surface area contributed by atoms with Gasteiger partial charge < -0.3 is 20.4 Å². The highest BCUT2D eigenvalue weighted by molar-refractivity contribution is 5.35. The van der Waals surface area contributed by atoms with Crippen LogP contribution in [0.25, 0.3) is 0 Å². The van der Waals surface area contributed by atoms with Crippen LogP contribution < -0.4 is 0 Å². The minimum Gasteiger partial charge on any atom is -0.394 e. The summed E-state index contributed by atoms with van der Waals surface area (Å²) in [6, 6.07) is 16.3. The first kappa shape index (κ1) is 19.6. The first-order valence-electron chi connectivity index (χ1n) is 8.82. The zero-order valence-electron chi connectivity index (χ0n) is 14.7. The van der Waals surface area contributed by atoms with Gasteiger partial charge in [0.05, 0.1) is 25.4 Å². The van der Waals surface area contributed by atoms with Gasteiger partial charge in [0.2, 0.25) is 0 Å². The van der Waals surface area contributed by atoms with Gasteiger partial charge in [0, 0.05) is 18.8 Å². The molecule has 0 aromatic heterocycles. The smallest absolute Gasteiger partial charge is 0.0811 e. The van der Waals surface area contributed by atoms with Crippen LogP contribution in [0.1, 0.15) is 41.5 Å². The van der Waals surface area contributed by atoms with E-state index in [0.717, 1.165) is 17.5 Å². The van der Waals surface area contributed by atoms with Crippen LogP contribution in [-0.4, -0.2) is 45.8 Å². The molecular weight excluding hydrogens is 316 g/mol. The summed E-state index contributed by atoms with van der Waals surface area (Å²) in [7, 11) is 0. The summed E-state index contributed by atoms with van der Waals surface area (Å²) in [6.07, 6.45) is 0.451. The summed E-state index contributed by atoms with van der Waals surface area (Å²) in [6.45, 7) is 1.70. The van der Waals surface area contributed by atoms with E-state index in [4.69, 9.17) is 10.2 Å². The summed E-state index contributed by atoms with van der Waals surface area (Å²) in [5.41, 5.74) is 4.45. The summed E-state index contributed by atoms with van der Waals surface area (Å²) in [5.74, 6) is 0.286. The van der Waals surface area contributed by atoms with E-state index < -0.39 is 12.2 Å². The van der Waals surface area contributed by atoms with Crippen LogP contribution in [0.4, 0.5) is 0 Å². The zero-order valence-corrected chi connectivity index (χ0v) is 14.7. The minimum absolute atomic E-state index is 0.226. The maximum Gasteiger partial charge on any atom is 0.0811 e. The van der Waals surface area contributed by atoms with Crippen LogP contribution in [0.15, 0.2) is 48.5 Å². The molecule has 0 aliphatic heterocycles. The standard InChI is InChI=1S/C21H28O4/c1-2-21(17-7-3-15(4-8-17)11-19(24)13-22)18-9-5-16(6-10-18)12-20(25)14-23/h3-10,19-25H,2,11-14H2,1H3. The maximum absolute atomic E-state index is 9.54. The minimum atomic E-state index is -0.713. The molecular formula is C21H28O4. The topological polar surface area (TPSA) is 80.9 Å². The van der Waals surface area contributed by atoms with Gasteiger partial charge in [-0.25, -0.2) is 0 Å². The van der Waals surface area contributed by atoms with Gasteiger partial charge in [-0.15, -0.1) is 0 Å². The molecule has 2 unspecified atom stereocenters. The molecule has 0 bridgehead atoms. The van der Waals surface area contributed by atoms with E-state index in [2.05, 4.69) is 31.2 Å². The summed E-state index contributed by atoms with van der Waals surface area (Å²) in [5, 5.41) is 37.0. The Hall–Kier alpha value is -1.72. The SMILES string of the molecule is CCC(c1ccc(CC(O)CO)cc1)c1ccc(CC(O)CO)cc1. The van der Waals surface area contributed by atoms with Gasteiger partial charge in [-0.2, -0.15) is 0 Å². The lowest BCUT2D eigenvalue weighted by molar-refractivity contribution is 0.0954. The Morgan fingerprint density at radius 2 is 1.04 bits per heavy atom. The molecule has 0 fully saturated rings. The van der Waals surface area contributed by atoms with Crippen molar-refractivity contribution in [2.45, 2.75) is 44.3 Å². The first-order valence-corrected chi connectivity index (χ1v) is 8.82. The Morgan fingerprint density at radius 1 is 0.680 bits per heavy atom. The van der Waals surface area contributed by atoms with Crippen molar-refractivity contribution in [1.82, 2.24) is 0 Å². The van der Waals surface area contributed by atoms with Gasteiger partial charge in [-0.05, 0) is 28.7 Å². The molecule has 0 aliphatic rings. The molecule has 4 N–H and O–H groups in total. The zero-order chi connectivity index (χ0) is 18.2. The van der Waals surface area contributed by atoms with E-state index in [1.54, 1.807) is 0 Å². The number of hydrogen-bond donors (Lipinski definition) is 4. The molecule has 25 heavy (non-hydrogen) atoms. The van der Waals surface area contributed by atoms with Crippen LogP contribution in [0.5, 0.6) is 0 Å². The molecule has 0 saturated carbocycles. The second-order valence-corrected chi connectivity index (χ2v) is 6.53. The molecule has 2 rings (SSSR count). The van der Waals surface area contributed by atoms with Gasteiger partial charge >= 0.3 is 0 Å². The fourth-order valence-electron chi connectivity index (χ4n) is 3.11. The van der Waals surface area contributed by atoms with Crippen LogP contribution in [-0.2, 0) is 12.8 Å². The lowest BCUT2D eigenvalue weighted by Gasteiger charge is -2.18. The molecule has 2 atom stereocenters. The Kier molecular flexibility index (Phi) is 7.59. The lowest BCUT2D eigenvalue weighted by Crippen LogP contribution is -2.15. The van der Waals surface area contributed by atoms with Gasteiger partial charge in [0.1, 0.15) is 0 Å². The van der Waals surface area contributed by atoms with Crippen LogP contribution in [0.3, 0.4) is 0 Å². The summed E-state index contributed by atoms with van der Waals surface area (Å²) >= 11 is 0. The third-order valence-corrected chi connectivity index (χ3v) is 4.54. The molecule has 4 nitrogen and oxygen atoms in total. The Balaban J connectivity index is 2.10. The Morgan fingerprint density at radius 3 is 1.32 bits per heavy atom. The fraction of sp³-hybridized carbons (Fsp3) is 0.429. The molecule has 0 radical (unpaired) electrons. The quantitative estimate of drug-likeness (QED) is 0.561. The van der Waals surface area contributed by atoms with E-state index in [-0.39, 0.29) is 19.1 Å². The average molecular weight is 344 g/mol. The van der Waals surface area contributed by atoms with E-state index in [1.807, 2.05) is 24.3 Å². The fourth-order valence-corrected chi connectivity index (χ4v) is 3.11. The summed E-state index contributed by atoms with van der Waals surface area (Å²) in [4.78, 5) is 0. The first-order chi connectivity index (χ1) is 12.1. The Labute approximate surface area is 149 Å². The predicted molar refractivity (Wildman–Crippen MR) is 98.6 cm³/mol. The van der Waals surface area contributed by atoms with Crippen molar-refractivity contribution in [1.29, 1.82) is 0 Å². The molecule has 0 aliphatic carbocycles. The molecule has 2 aromatic rings. The highest BCUT2D eigenvalue weighted by Gasteiger charge is 2.13. The average Bonchev–Trinajstić information content (AvgIpc) is 2.64. The van der Waals surface area contributed by atoms with Crippen molar-refractivity contribution in [3.05, 3.63) is 70.8 Å². The van der Waals surface area contributed by atoms with Crippen molar-refractivity contribution >= 4 is 0 Å². The van der Waals surface area contributed by atoms with E-state index in [9.17, 15) is 10.2 Å². The molecule has 0 heterocycles. The van der Waals surface area contributed by atoms with E-state index in [0.29, 0.717) is 12.8 Å². The van der Waals surface area contributed by atoms with Crippen LogP contribution >= 0.6 is 0 Å². The second-order valence-electron chi connectivity index (χ2n) is 6.53. The van der Waals surface area contributed by atoms with Crippen LogP contribution in [0, 0.1) is 0 Å². The lowest BCUT2D eigenvalue weighted by atomic mass is 9.87. The number of benzene rings is 2. The molecule has 2 aromatic carbocycles. The molecule has 0 amide bonds. The maximum atomic E-state index is 9.54. The number of hydrogen-bond acceptors (Lipinski definition) is 4. The molecule has 0 saturated heterocycles. The van der Waals surface area contributed by atoms with Crippen molar-refractivity contribution < 1.29 is 20.4 Å². The van der Waals surface area contributed by atoms with Gasteiger partial charge in [-0.1, -0.05) is 55.5 Å². The van der Waals surface area contributed by atoms with E-state index in [1.165, 1.54) is 11.1 Å². The number of aliphatic hydroxyl groups is 4. The molecule has 0 spiro atoms.